The van der Waals surface area contributed by atoms with Crippen LogP contribution in [0.3, 0.4) is 0 Å². The van der Waals surface area contributed by atoms with Gasteiger partial charge in [0.2, 0.25) is 5.91 Å². The van der Waals surface area contributed by atoms with Gasteiger partial charge >= 0.3 is 11.8 Å². The van der Waals surface area contributed by atoms with Gasteiger partial charge in [0.1, 0.15) is 0 Å². The highest BCUT2D eigenvalue weighted by molar-refractivity contribution is 6.43. The molecular formula is C20H20N4O5. The summed E-state index contributed by atoms with van der Waals surface area (Å²) in [5, 5.41) is 15.7. The van der Waals surface area contributed by atoms with Crippen molar-refractivity contribution in [3.05, 3.63) is 57.6 Å². The third-order valence-corrected chi connectivity index (χ3v) is 4.69. The fourth-order valence-electron chi connectivity index (χ4n) is 3.21. The van der Waals surface area contributed by atoms with Crippen LogP contribution in [0.15, 0.2) is 36.4 Å². The highest BCUT2D eigenvalue weighted by atomic mass is 16.6. The number of nitrogens with zero attached hydrogens (tertiary/aromatic N) is 2. The number of hydrogen-bond donors (Lipinski definition) is 2. The molecule has 1 fully saturated rings. The molecule has 0 radical (unpaired) electrons. The third kappa shape index (κ3) is 4.40. The van der Waals surface area contributed by atoms with Crippen molar-refractivity contribution in [2.45, 2.75) is 26.7 Å². The summed E-state index contributed by atoms with van der Waals surface area (Å²) in [6, 6.07) is 9.02. The zero-order valence-corrected chi connectivity index (χ0v) is 16.0. The second kappa shape index (κ2) is 8.09. The summed E-state index contributed by atoms with van der Waals surface area (Å²) in [6.45, 7) is 4.10. The Kier molecular flexibility index (Phi) is 5.58. The molecular weight excluding hydrogens is 376 g/mol. The molecule has 0 saturated carbocycles. The van der Waals surface area contributed by atoms with E-state index in [1.165, 1.54) is 18.2 Å². The van der Waals surface area contributed by atoms with Gasteiger partial charge in [-0.3, -0.25) is 24.5 Å². The Hall–Kier alpha value is -3.75. The summed E-state index contributed by atoms with van der Waals surface area (Å²) in [5.41, 5.74) is 2.71. The predicted molar refractivity (Wildman–Crippen MR) is 108 cm³/mol. The summed E-state index contributed by atoms with van der Waals surface area (Å²) in [4.78, 5) is 48.3. The zero-order chi connectivity index (χ0) is 21.1. The topological polar surface area (TPSA) is 122 Å². The number of anilines is 3. The van der Waals surface area contributed by atoms with Crippen molar-refractivity contribution in [2.75, 3.05) is 22.1 Å². The lowest BCUT2D eigenvalue weighted by atomic mass is 10.1. The van der Waals surface area contributed by atoms with E-state index in [0.29, 0.717) is 29.9 Å². The van der Waals surface area contributed by atoms with E-state index in [1.54, 1.807) is 30.0 Å². The Bertz CT molecular complexity index is 1020. The fourth-order valence-corrected chi connectivity index (χ4v) is 3.21. The number of rotatable bonds is 4. The molecule has 1 aliphatic rings. The average molecular weight is 396 g/mol. The second-order valence-corrected chi connectivity index (χ2v) is 6.81. The minimum atomic E-state index is -0.890. The van der Waals surface area contributed by atoms with Crippen LogP contribution in [0.1, 0.15) is 24.0 Å². The Balaban J connectivity index is 1.67. The molecule has 9 heteroatoms. The van der Waals surface area contributed by atoms with Crippen LogP contribution in [0.4, 0.5) is 22.7 Å². The molecule has 150 valence electrons. The number of nitro groups is 1. The molecule has 0 aliphatic carbocycles. The first kappa shape index (κ1) is 20.0. The highest BCUT2D eigenvalue weighted by Crippen LogP contribution is 2.27. The number of carbonyl (C=O) groups is 3. The predicted octanol–water partition coefficient (Wildman–Crippen LogP) is 2.92. The lowest BCUT2D eigenvalue weighted by molar-refractivity contribution is -0.384. The molecule has 3 rings (SSSR count). The van der Waals surface area contributed by atoms with Gasteiger partial charge in [-0.25, -0.2) is 0 Å². The van der Waals surface area contributed by atoms with Crippen LogP contribution in [0.5, 0.6) is 0 Å². The van der Waals surface area contributed by atoms with E-state index in [1.807, 2.05) is 6.92 Å². The first-order valence-corrected chi connectivity index (χ1v) is 9.04. The first-order chi connectivity index (χ1) is 13.8. The van der Waals surface area contributed by atoms with E-state index in [9.17, 15) is 24.5 Å². The molecule has 1 aliphatic heterocycles. The fraction of sp³-hybridized carbons (Fsp3) is 0.250. The van der Waals surface area contributed by atoms with Gasteiger partial charge in [0.25, 0.3) is 5.69 Å². The maximum atomic E-state index is 12.2. The Morgan fingerprint density at radius 3 is 2.34 bits per heavy atom. The number of non-ortho nitro benzene ring substituents is 1. The third-order valence-electron chi connectivity index (χ3n) is 4.69. The van der Waals surface area contributed by atoms with Crippen LogP contribution >= 0.6 is 0 Å². The Morgan fingerprint density at radius 1 is 1.03 bits per heavy atom. The number of aryl methyl sites for hydroxylation is 2. The van der Waals surface area contributed by atoms with E-state index < -0.39 is 16.7 Å². The Labute approximate surface area is 166 Å². The number of amides is 3. The van der Waals surface area contributed by atoms with Crippen LogP contribution in [-0.4, -0.2) is 29.2 Å². The monoisotopic (exact) mass is 396 g/mol. The van der Waals surface area contributed by atoms with Crippen molar-refractivity contribution >= 4 is 40.5 Å². The maximum absolute atomic E-state index is 12.2. The number of hydrogen-bond acceptors (Lipinski definition) is 5. The maximum Gasteiger partial charge on any atom is 0.314 e. The van der Waals surface area contributed by atoms with Crippen molar-refractivity contribution in [2.24, 2.45) is 0 Å². The van der Waals surface area contributed by atoms with Crippen molar-refractivity contribution in [1.82, 2.24) is 0 Å². The summed E-state index contributed by atoms with van der Waals surface area (Å²) < 4.78 is 0. The van der Waals surface area contributed by atoms with Crippen molar-refractivity contribution in [1.29, 1.82) is 0 Å². The second-order valence-electron chi connectivity index (χ2n) is 6.81. The molecule has 1 heterocycles. The molecule has 0 unspecified atom stereocenters. The van der Waals surface area contributed by atoms with Gasteiger partial charge in [-0.1, -0.05) is 0 Å². The normalized spacial score (nSPS) is 13.3. The van der Waals surface area contributed by atoms with Gasteiger partial charge in [-0.05, 0) is 55.7 Å². The summed E-state index contributed by atoms with van der Waals surface area (Å²) in [5.74, 6) is -1.69. The van der Waals surface area contributed by atoms with Crippen molar-refractivity contribution < 1.29 is 19.3 Å². The van der Waals surface area contributed by atoms with E-state index in [-0.39, 0.29) is 11.6 Å². The largest absolute Gasteiger partial charge is 0.318 e. The summed E-state index contributed by atoms with van der Waals surface area (Å²) >= 11 is 0. The smallest absolute Gasteiger partial charge is 0.314 e. The number of benzene rings is 2. The molecule has 2 aromatic carbocycles. The van der Waals surface area contributed by atoms with Crippen LogP contribution in [0.25, 0.3) is 0 Å². The molecule has 3 amide bonds. The van der Waals surface area contributed by atoms with Crippen molar-refractivity contribution in [3.63, 3.8) is 0 Å². The zero-order valence-electron chi connectivity index (χ0n) is 16.0. The van der Waals surface area contributed by atoms with Crippen LogP contribution in [-0.2, 0) is 14.4 Å². The van der Waals surface area contributed by atoms with Gasteiger partial charge in [0, 0.05) is 42.2 Å². The average Bonchev–Trinajstić information content (AvgIpc) is 3.09. The number of carbonyl (C=O) groups excluding carboxylic acids is 3. The van der Waals surface area contributed by atoms with Gasteiger partial charge in [0.05, 0.1) is 4.92 Å². The van der Waals surface area contributed by atoms with Crippen LogP contribution in [0, 0.1) is 24.0 Å². The van der Waals surface area contributed by atoms with E-state index in [4.69, 9.17) is 0 Å². The Morgan fingerprint density at radius 2 is 1.76 bits per heavy atom. The first-order valence-electron chi connectivity index (χ1n) is 9.04. The SMILES string of the molecule is Cc1cc([N+](=O)[O-])ccc1NC(=O)C(=O)Nc1ccc(N2CCCC2=O)c(C)c1. The molecule has 0 bridgehead atoms. The summed E-state index contributed by atoms with van der Waals surface area (Å²) in [6.07, 6.45) is 1.35. The van der Waals surface area contributed by atoms with E-state index in [0.717, 1.165) is 17.7 Å². The minimum absolute atomic E-state index is 0.0720. The lowest BCUT2D eigenvalue weighted by Gasteiger charge is -2.19. The molecule has 9 nitrogen and oxygen atoms in total. The molecule has 0 spiro atoms. The number of nitrogens with one attached hydrogen (secondary N) is 2. The van der Waals surface area contributed by atoms with Gasteiger partial charge in [0.15, 0.2) is 0 Å². The molecule has 29 heavy (non-hydrogen) atoms. The molecule has 1 saturated heterocycles. The van der Waals surface area contributed by atoms with Crippen LogP contribution < -0.4 is 15.5 Å². The van der Waals surface area contributed by atoms with Gasteiger partial charge < -0.3 is 15.5 Å². The van der Waals surface area contributed by atoms with Gasteiger partial charge in [-0.2, -0.15) is 0 Å². The van der Waals surface area contributed by atoms with E-state index >= 15 is 0 Å². The molecule has 0 atom stereocenters. The molecule has 2 aromatic rings. The highest BCUT2D eigenvalue weighted by Gasteiger charge is 2.23. The molecule has 2 N–H and O–H groups in total. The van der Waals surface area contributed by atoms with Crippen LogP contribution in [0.2, 0.25) is 0 Å². The lowest BCUT2D eigenvalue weighted by Crippen LogP contribution is -2.29. The summed E-state index contributed by atoms with van der Waals surface area (Å²) in [7, 11) is 0. The standard InChI is InChI=1S/C20H20N4O5/c1-12-11-15(24(28)29)6-7-16(12)22-20(27)19(26)21-14-5-8-17(13(2)10-14)23-9-3-4-18(23)25/h5-8,10-11H,3-4,9H2,1-2H3,(H,21,26)(H,22,27). The number of nitro benzene ring substituents is 1. The quantitative estimate of drug-likeness (QED) is 0.467. The molecule has 0 aromatic heterocycles. The minimum Gasteiger partial charge on any atom is -0.318 e. The van der Waals surface area contributed by atoms with Gasteiger partial charge in [-0.15, -0.1) is 0 Å². The van der Waals surface area contributed by atoms with Crippen molar-refractivity contribution in [3.8, 4) is 0 Å². The van der Waals surface area contributed by atoms with E-state index in [2.05, 4.69) is 10.6 Å².